The quantitative estimate of drug-likeness (QED) is 0.615. The van der Waals surface area contributed by atoms with Crippen LogP contribution in [0.5, 0.6) is 11.5 Å². The fraction of sp³-hybridized carbons (Fsp3) is 0.480. The molecule has 166 valence electrons. The number of carbonyl (C=O) groups excluding carboxylic acids is 1. The molecule has 1 saturated carbocycles. The second-order valence-corrected chi connectivity index (χ2v) is 8.97. The Morgan fingerprint density at radius 1 is 0.935 bits per heavy atom. The summed E-state index contributed by atoms with van der Waals surface area (Å²) in [6.07, 6.45) is 2.63. The summed E-state index contributed by atoms with van der Waals surface area (Å²) < 4.78 is 25.5. The number of halogens is 1. The van der Waals surface area contributed by atoms with Gasteiger partial charge in [0.25, 0.3) is 0 Å². The maximum absolute atomic E-state index is 15.0. The predicted octanol–water partition coefficient (Wildman–Crippen LogP) is 4.38. The van der Waals surface area contributed by atoms with Crippen LogP contribution in [0.3, 0.4) is 0 Å². The monoisotopic (exact) mass is 426 g/mol. The minimum Gasteiger partial charge on any atom is -0.493 e. The molecule has 0 unspecified atom stereocenters. The van der Waals surface area contributed by atoms with E-state index in [9.17, 15) is 9.18 Å². The highest BCUT2D eigenvalue weighted by atomic mass is 19.1. The highest BCUT2D eigenvalue weighted by Gasteiger charge is 2.42. The van der Waals surface area contributed by atoms with Crippen molar-refractivity contribution >= 4 is 11.5 Å². The molecule has 5 nitrogen and oxygen atoms in total. The number of benzene rings is 2. The Kier molecular flexibility index (Phi) is 5.93. The molecule has 0 bridgehead atoms. The molecule has 0 atom stereocenters. The number of methoxy groups -OCH3 is 2. The van der Waals surface area contributed by atoms with Crippen LogP contribution < -0.4 is 14.4 Å². The van der Waals surface area contributed by atoms with E-state index in [-0.39, 0.29) is 17.1 Å². The first-order valence-electron chi connectivity index (χ1n) is 10.9. The van der Waals surface area contributed by atoms with Crippen molar-refractivity contribution in [2.75, 3.05) is 45.3 Å². The summed E-state index contributed by atoms with van der Waals surface area (Å²) in [5, 5.41) is 0. The van der Waals surface area contributed by atoms with Gasteiger partial charge in [-0.25, -0.2) is 4.39 Å². The molecule has 0 N–H and O–H groups in total. The lowest BCUT2D eigenvalue weighted by Crippen LogP contribution is -2.55. The van der Waals surface area contributed by atoms with Gasteiger partial charge in [-0.15, -0.1) is 0 Å². The van der Waals surface area contributed by atoms with Gasteiger partial charge in [-0.3, -0.25) is 9.69 Å². The number of ketones is 1. The first-order valence-corrected chi connectivity index (χ1v) is 10.9. The van der Waals surface area contributed by atoms with Gasteiger partial charge in [0.15, 0.2) is 17.3 Å². The number of rotatable bonds is 7. The fourth-order valence-corrected chi connectivity index (χ4v) is 4.62. The van der Waals surface area contributed by atoms with Crippen molar-refractivity contribution in [3.8, 4) is 11.5 Å². The van der Waals surface area contributed by atoms with Crippen molar-refractivity contribution in [2.24, 2.45) is 5.92 Å². The smallest absolute Gasteiger partial charge is 0.193 e. The fourth-order valence-electron chi connectivity index (χ4n) is 4.62. The topological polar surface area (TPSA) is 42.0 Å². The Labute approximate surface area is 183 Å². The lowest BCUT2D eigenvalue weighted by atomic mass is 9.95. The standard InChI is InChI=1S/C25H31FN2O3/c1-25(2,19-7-8-19)28-13-11-27(12-14-28)21-9-5-17(15-20(21)26)24(29)18-6-10-22(30-3)23(16-18)31-4/h5-6,9-10,15-16,19H,7-8,11-14H2,1-4H3. The molecule has 31 heavy (non-hydrogen) atoms. The number of piperazine rings is 1. The molecule has 0 spiro atoms. The van der Waals surface area contributed by atoms with Gasteiger partial charge in [0.05, 0.1) is 19.9 Å². The van der Waals surface area contributed by atoms with E-state index in [0.29, 0.717) is 28.3 Å². The van der Waals surface area contributed by atoms with Crippen LogP contribution in [0.15, 0.2) is 36.4 Å². The second-order valence-electron chi connectivity index (χ2n) is 8.97. The van der Waals surface area contributed by atoms with E-state index in [1.54, 1.807) is 37.4 Å². The number of hydrogen-bond acceptors (Lipinski definition) is 5. The van der Waals surface area contributed by atoms with Crippen LogP contribution in [-0.4, -0.2) is 56.6 Å². The molecule has 2 aliphatic rings. The number of ether oxygens (including phenoxy) is 2. The van der Waals surface area contributed by atoms with Gasteiger partial charge in [-0.2, -0.15) is 0 Å². The molecular weight excluding hydrogens is 395 g/mol. The zero-order chi connectivity index (χ0) is 22.2. The third-order valence-corrected chi connectivity index (χ3v) is 6.87. The van der Waals surface area contributed by atoms with E-state index in [4.69, 9.17) is 9.47 Å². The normalized spacial score (nSPS) is 17.5. The van der Waals surface area contributed by atoms with Crippen molar-refractivity contribution in [1.82, 2.24) is 4.90 Å². The van der Waals surface area contributed by atoms with E-state index in [1.165, 1.54) is 26.0 Å². The summed E-state index contributed by atoms with van der Waals surface area (Å²) in [4.78, 5) is 17.5. The van der Waals surface area contributed by atoms with Crippen LogP contribution in [0.4, 0.5) is 10.1 Å². The van der Waals surface area contributed by atoms with Crippen molar-refractivity contribution < 1.29 is 18.7 Å². The van der Waals surface area contributed by atoms with E-state index in [2.05, 4.69) is 23.6 Å². The lowest BCUT2D eigenvalue weighted by Gasteiger charge is -2.45. The molecule has 2 aromatic carbocycles. The van der Waals surface area contributed by atoms with Crippen LogP contribution in [0.2, 0.25) is 0 Å². The predicted molar refractivity (Wildman–Crippen MR) is 120 cm³/mol. The van der Waals surface area contributed by atoms with Crippen molar-refractivity contribution in [1.29, 1.82) is 0 Å². The van der Waals surface area contributed by atoms with Crippen LogP contribution in [0, 0.1) is 11.7 Å². The largest absolute Gasteiger partial charge is 0.493 e. The minimum absolute atomic E-state index is 0.223. The first-order chi connectivity index (χ1) is 14.8. The van der Waals surface area contributed by atoms with Gasteiger partial charge >= 0.3 is 0 Å². The number of anilines is 1. The van der Waals surface area contributed by atoms with Crippen LogP contribution in [-0.2, 0) is 0 Å². The molecule has 0 aromatic heterocycles. The zero-order valence-electron chi connectivity index (χ0n) is 18.8. The number of hydrogen-bond donors (Lipinski definition) is 0. The molecule has 4 rings (SSSR count). The SMILES string of the molecule is COc1ccc(C(=O)c2ccc(N3CCN(C(C)(C)C4CC4)CC3)c(F)c2)cc1OC. The third-order valence-electron chi connectivity index (χ3n) is 6.87. The summed E-state index contributed by atoms with van der Waals surface area (Å²) in [6.45, 7) is 8.08. The van der Waals surface area contributed by atoms with Crippen molar-refractivity contribution in [3.05, 3.63) is 53.3 Å². The van der Waals surface area contributed by atoms with E-state index < -0.39 is 0 Å². The van der Waals surface area contributed by atoms with Gasteiger partial charge in [-0.1, -0.05) is 0 Å². The minimum atomic E-state index is -0.360. The number of carbonyl (C=O) groups is 1. The van der Waals surface area contributed by atoms with E-state index >= 15 is 0 Å². The molecule has 1 saturated heterocycles. The first kappa shape index (κ1) is 21.6. The Balaban J connectivity index is 1.47. The summed E-state index contributed by atoms with van der Waals surface area (Å²) in [7, 11) is 3.06. The molecule has 1 aliphatic carbocycles. The Hall–Kier alpha value is -2.60. The molecule has 1 heterocycles. The summed E-state index contributed by atoms with van der Waals surface area (Å²) >= 11 is 0. The van der Waals surface area contributed by atoms with Crippen molar-refractivity contribution in [3.63, 3.8) is 0 Å². The maximum atomic E-state index is 15.0. The van der Waals surface area contributed by atoms with Crippen LogP contribution in [0.25, 0.3) is 0 Å². The Morgan fingerprint density at radius 3 is 2.13 bits per heavy atom. The molecular formula is C25H31FN2O3. The lowest BCUT2D eigenvalue weighted by molar-refractivity contribution is 0.0918. The molecule has 2 aromatic rings. The molecule has 2 fully saturated rings. The average molecular weight is 427 g/mol. The van der Waals surface area contributed by atoms with Crippen molar-refractivity contribution in [2.45, 2.75) is 32.2 Å². The van der Waals surface area contributed by atoms with Crippen LogP contribution >= 0.6 is 0 Å². The summed E-state index contributed by atoms with van der Waals surface area (Å²) in [5.74, 6) is 1.20. The second kappa shape index (κ2) is 8.50. The summed E-state index contributed by atoms with van der Waals surface area (Å²) in [6, 6.07) is 9.74. The summed E-state index contributed by atoms with van der Waals surface area (Å²) in [5.41, 5.74) is 1.54. The van der Waals surface area contributed by atoms with Gasteiger partial charge in [-0.05, 0) is 69.0 Å². The van der Waals surface area contributed by atoms with Gasteiger partial charge < -0.3 is 14.4 Å². The highest BCUT2D eigenvalue weighted by molar-refractivity contribution is 6.09. The molecule has 0 radical (unpaired) electrons. The average Bonchev–Trinajstić information content (AvgIpc) is 3.64. The Bertz CT molecular complexity index is 963. The molecule has 1 aliphatic heterocycles. The van der Waals surface area contributed by atoms with Crippen LogP contribution in [0.1, 0.15) is 42.6 Å². The number of nitrogens with zero attached hydrogens (tertiary/aromatic N) is 2. The van der Waals surface area contributed by atoms with Gasteiger partial charge in [0, 0.05) is 42.8 Å². The highest BCUT2D eigenvalue weighted by Crippen LogP contribution is 2.43. The van der Waals surface area contributed by atoms with E-state index in [0.717, 1.165) is 32.1 Å². The van der Waals surface area contributed by atoms with Gasteiger partial charge in [0.2, 0.25) is 0 Å². The zero-order valence-corrected chi connectivity index (χ0v) is 18.8. The maximum Gasteiger partial charge on any atom is 0.193 e. The Morgan fingerprint density at radius 2 is 1.55 bits per heavy atom. The van der Waals surface area contributed by atoms with E-state index in [1.807, 2.05) is 0 Å². The molecule has 6 heteroatoms. The molecule has 0 amide bonds. The van der Waals surface area contributed by atoms with Gasteiger partial charge in [0.1, 0.15) is 5.82 Å². The third kappa shape index (κ3) is 4.26.